The van der Waals surface area contributed by atoms with Gasteiger partial charge in [0, 0.05) is 24.3 Å². The number of hydrogen-bond donors (Lipinski definition) is 2. The van der Waals surface area contributed by atoms with Gasteiger partial charge in [-0.25, -0.2) is 0 Å². The average Bonchev–Trinajstić information content (AvgIpc) is 2.73. The molecule has 0 radical (unpaired) electrons. The summed E-state index contributed by atoms with van der Waals surface area (Å²) < 4.78 is 1.75. The lowest BCUT2D eigenvalue weighted by Gasteiger charge is -2.10. The maximum absolute atomic E-state index is 5.80. The fraction of sp³-hybridized carbons (Fsp3) is 0.133. The van der Waals surface area contributed by atoms with Crippen molar-refractivity contribution < 1.29 is 0 Å². The van der Waals surface area contributed by atoms with Gasteiger partial charge in [0.2, 0.25) is 0 Å². The molecule has 21 heavy (non-hydrogen) atoms. The topological polar surface area (TPSA) is 68.8 Å². The van der Waals surface area contributed by atoms with Crippen LogP contribution in [0.5, 0.6) is 0 Å². The van der Waals surface area contributed by atoms with Gasteiger partial charge in [-0.3, -0.25) is 9.67 Å². The monoisotopic (exact) mass is 297 g/mol. The zero-order valence-electron chi connectivity index (χ0n) is 11.8. The van der Waals surface area contributed by atoms with Gasteiger partial charge < -0.3 is 11.1 Å². The Kier molecular flexibility index (Phi) is 3.31. The number of thiocarbonyl (C=S) groups is 1. The number of pyridine rings is 1. The van der Waals surface area contributed by atoms with E-state index in [0.717, 1.165) is 33.7 Å². The first-order chi connectivity index (χ1) is 10.1. The molecule has 5 nitrogen and oxygen atoms in total. The standard InChI is InChI=1S/C15H15N5S/c1-9-13(14(16)21)15(20(2)19-9)18-11-5-6-12-10(8-11)4-3-7-17-12/h3-8,18H,1-2H3,(H2,16,21). The van der Waals surface area contributed by atoms with E-state index >= 15 is 0 Å². The first kappa shape index (κ1) is 13.5. The second-order valence-corrected chi connectivity index (χ2v) is 5.27. The van der Waals surface area contributed by atoms with Gasteiger partial charge in [-0.15, -0.1) is 0 Å². The molecule has 1 aromatic carbocycles. The summed E-state index contributed by atoms with van der Waals surface area (Å²) in [4.78, 5) is 4.65. The fourth-order valence-electron chi connectivity index (χ4n) is 2.39. The Hall–Kier alpha value is -2.47. The molecular formula is C15H15N5S. The summed E-state index contributed by atoms with van der Waals surface area (Å²) in [5, 5.41) is 8.77. The molecule has 0 bridgehead atoms. The summed E-state index contributed by atoms with van der Waals surface area (Å²) in [6, 6.07) is 9.92. The SMILES string of the molecule is Cc1nn(C)c(Nc2ccc3ncccc3c2)c1C(N)=S. The fourth-order valence-corrected chi connectivity index (χ4v) is 2.63. The van der Waals surface area contributed by atoms with Crippen molar-refractivity contribution in [1.82, 2.24) is 14.8 Å². The molecule has 6 heteroatoms. The molecular weight excluding hydrogens is 282 g/mol. The Labute approximate surface area is 127 Å². The lowest BCUT2D eigenvalue weighted by molar-refractivity contribution is 0.765. The van der Waals surface area contributed by atoms with Crippen LogP contribution >= 0.6 is 12.2 Å². The Morgan fingerprint density at radius 3 is 2.90 bits per heavy atom. The number of hydrogen-bond acceptors (Lipinski definition) is 4. The Morgan fingerprint density at radius 2 is 2.14 bits per heavy atom. The number of aromatic nitrogens is 3. The number of nitrogens with zero attached hydrogens (tertiary/aromatic N) is 3. The maximum Gasteiger partial charge on any atom is 0.138 e. The molecule has 2 aromatic heterocycles. The Balaban J connectivity index is 2.04. The minimum atomic E-state index is 0.338. The largest absolute Gasteiger partial charge is 0.389 e. The van der Waals surface area contributed by atoms with Gasteiger partial charge in [-0.05, 0) is 31.2 Å². The quantitative estimate of drug-likeness (QED) is 0.727. The third-order valence-corrected chi connectivity index (χ3v) is 3.54. The second-order valence-electron chi connectivity index (χ2n) is 4.83. The van der Waals surface area contributed by atoms with Crippen LogP contribution in [0.2, 0.25) is 0 Å². The van der Waals surface area contributed by atoms with Gasteiger partial charge >= 0.3 is 0 Å². The molecule has 3 aromatic rings. The molecule has 0 aliphatic carbocycles. The van der Waals surface area contributed by atoms with Crippen molar-refractivity contribution in [2.45, 2.75) is 6.92 Å². The van der Waals surface area contributed by atoms with Crippen LogP contribution in [0.25, 0.3) is 10.9 Å². The van der Waals surface area contributed by atoms with Crippen LogP contribution in [0.1, 0.15) is 11.3 Å². The maximum atomic E-state index is 5.80. The smallest absolute Gasteiger partial charge is 0.138 e. The summed E-state index contributed by atoms with van der Waals surface area (Å²) in [7, 11) is 1.86. The predicted octanol–water partition coefficient (Wildman–Crippen LogP) is 2.65. The molecule has 0 amide bonds. The van der Waals surface area contributed by atoms with Gasteiger partial charge in [-0.2, -0.15) is 5.10 Å². The van der Waals surface area contributed by atoms with E-state index in [0.29, 0.717) is 4.99 Å². The lowest BCUT2D eigenvalue weighted by Crippen LogP contribution is -2.12. The minimum absolute atomic E-state index is 0.338. The number of nitrogens with two attached hydrogens (primary N) is 1. The van der Waals surface area contributed by atoms with Gasteiger partial charge in [-0.1, -0.05) is 18.3 Å². The van der Waals surface area contributed by atoms with Crippen molar-refractivity contribution in [3.63, 3.8) is 0 Å². The third-order valence-electron chi connectivity index (χ3n) is 3.33. The van der Waals surface area contributed by atoms with E-state index in [-0.39, 0.29) is 0 Å². The van der Waals surface area contributed by atoms with Crippen molar-refractivity contribution in [3.8, 4) is 0 Å². The summed E-state index contributed by atoms with van der Waals surface area (Å²) in [5.41, 5.74) is 9.29. The van der Waals surface area contributed by atoms with E-state index in [1.54, 1.807) is 10.9 Å². The van der Waals surface area contributed by atoms with Crippen LogP contribution in [0.4, 0.5) is 11.5 Å². The zero-order valence-corrected chi connectivity index (χ0v) is 12.6. The van der Waals surface area contributed by atoms with E-state index < -0.39 is 0 Å². The second kappa shape index (κ2) is 5.14. The number of aryl methyl sites for hydroxylation is 2. The van der Waals surface area contributed by atoms with Crippen LogP contribution < -0.4 is 11.1 Å². The van der Waals surface area contributed by atoms with Crippen molar-refractivity contribution in [2.24, 2.45) is 12.8 Å². The Morgan fingerprint density at radius 1 is 1.33 bits per heavy atom. The highest BCUT2D eigenvalue weighted by Gasteiger charge is 2.15. The van der Waals surface area contributed by atoms with Gasteiger partial charge in [0.05, 0.1) is 16.8 Å². The van der Waals surface area contributed by atoms with Crippen molar-refractivity contribution in [2.75, 3.05) is 5.32 Å². The van der Waals surface area contributed by atoms with Crippen LogP contribution in [0, 0.1) is 6.92 Å². The molecule has 3 N–H and O–H groups in total. The Bertz CT molecular complexity index is 837. The van der Waals surface area contributed by atoms with Crippen LogP contribution in [0.3, 0.4) is 0 Å². The molecule has 3 rings (SSSR count). The van der Waals surface area contributed by atoms with E-state index in [2.05, 4.69) is 15.4 Å². The lowest BCUT2D eigenvalue weighted by atomic mass is 10.2. The van der Waals surface area contributed by atoms with Crippen molar-refractivity contribution >= 4 is 39.6 Å². The number of anilines is 2. The van der Waals surface area contributed by atoms with Crippen LogP contribution in [-0.2, 0) is 7.05 Å². The summed E-state index contributed by atoms with van der Waals surface area (Å²) in [6.07, 6.45) is 1.78. The molecule has 0 spiro atoms. The van der Waals surface area contributed by atoms with E-state index in [4.69, 9.17) is 18.0 Å². The van der Waals surface area contributed by atoms with Gasteiger partial charge in [0.1, 0.15) is 10.8 Å². The normalized spacial score (nSPS) is 10.8. The van der Waals surface area contributed by atoms with Crippen molar-refractivity contribution in [3.05, 3.63) is 47.8 Å². The summed E-state index contributed by atoms with van der Waals surface area (Å²) in [5.74, 6) is 0.795. The number of fused-ring (bicyclic) bond motifs is 1. The van der Waals surface area contributed by atoms with Gasteiger partial charge in [0.15, 0.2) is 0 Å². The molecule has 0 saturated carbocycles. The van der Waals surface area contributed by atoms with Crippen LogP contribution in [0.15, 0.2) is 36.5 Å². The minimum Gasteiger partial charge on any atom is -0.389 e. The molecule has 2 heterocycles. The van der Waals surface area contributed by atoms with E-state index in [1.165, 1.54) is 0 Å². The number of rotatable bonds is 3. The first-order valence-electron chi connectivity index (χ1n) is 6.51. The summed E-state index contributed by atoms with van der Waals surface area (Å²) >= 11 is 5.12. The molecule has 0 aliphatic heterocycles. The first-order valence-corrected chi connectivity index (χ1v) is 6.92. The third kappa shape index (κ3) is 2.45. The molecule has 0 saturated heterocycles. The predicted molar refractivity (Wildman–Crippen MR) is 88.9 cm³/mol. The number of nitrogens with one attached hydrogen (secondary N) is 1. The average molecular weight is 297 g/mol. The molecule has 0 fully saturated rings. The zero-order chi connectivity index (χ0) is 15.0. The van der Waals surface area contributed by atoms with Crippen molar-refractivity contribution in [1.29, 1.82) is 0 Å². The van der Waals surface area contributed by atoms with Crippen LogP contribution in [-0.4, -0.2) is 19.8 Å². The highest BCUT2D eigenvalue weighted by molar-refractivity contribution is 7.80. The van der Waals surface area contributed by atoms with E-state index in [1.807, 2.05) is 44.3 Å². The van der Waals surface area contributed by atoms with E-state index in [9.17, 15) is 0 Å². The van der Waals surface area contributed by atoms with Gasteiger partial charge in [0.25, 0.3) is 0 Å². The molecule has 106 valence electrons. The molecule has 0 aliphatic rings. The highest BCUT2D eigenvalue weighted by atomic mass is 32.1. The number of benzene rings is 1. The summed E-state index contributed by atoms with van der Waals surface area (Å²) in [6.45, 7) is 1.89. The highest BCUT2D eigenvalue weighted by Crippen LogP contribution is 2.25. The molecule has 0 unspecified atom stereocenters. The molecule has 0 atom stereocenters.